The minimum Gasteiger partial charge on any atom is -0.465 e. The molecule has 0 aromatic heterocycles. The monoisotopic (exact) mass is 219 g/mol. The Morgan fingerprint density at radius 1 is 1.38 bits per heavy atom. The summed E-state index contributed by atoms with van der Waals surface area (Å²) in [4.78, 5) is 22.9. The van der Waals surface area contributed by atoms with Crippen LogP contribution in [0.1, 0.15) is 34.8 Å². The summed E-state index contributed by atoms with van der Waals surface area (Å²) in [6.45, 7) is 0.593. The summed E-state index contributed by atoms with van der Waals surface area (Å²) in [5, 5.41) is 9.02. The molecule has 4 nitrogen and oxygen atoms in total. The van der Waals surface area contributed by atoms with Crippen LogP contribution in [0, 0.1) is 0 Å². The zero-order chi connectivity index (χ0) is 11.5. The molecule has 4 heteroatoms. The second-order valence-electron chi connectivity index (χ2n) is 3.92. The van der Waals surface area contributed by atoms with Crippen LogP contribution in [0.5, 0.6) is 0 Å². The predicted octanol–water partition coefficient (Wildman–Crippen LogP) is 2.31. The summed E-state index contributed by atoms with van der Waals surface area (Å²) >= 11 is 0. The van der Waals surface area contributed by atoms with Crippen molar-refractivity contribution in [3.05, 3.63) is 35.4 Å². The summed E-state index contributed by atoms with van der Waals surface area (Å²) in [6.07, 6.45) is 1.66. The highest BCUT2D eigenvalue weighted by atomic mass is 16.4. The number of amides is 1. The Labute approximate surface area is 93.5 Å². The Kier molecular flexibility index (Phi) is 2.90. The van der Waals surface area contributed by atoms with Gasteiger partial charge in [0, 0.05) is 12.1 Å². The number of benzene rings is 1. The van der Waals surface area contributed by atoms with Crippen LogP contribution >= 0.6 is 0 Å². The van der Waals surface area contributed by atoms with Crippen LogP contribution in [0.2, 0.25) is 0 Å². The number of carbonyl (C=O) groups is 2. The zero-order valence-corrected chi connectivity index (χ0v) is 8.80. The molecule has 16 heavy (non-hydrogen) atoms. The van der Waals surface area contributed by atoms with Crippen LogP contribution in [-0.2, 0) is 0 Å². The number of likely N-dealkylation sites (tertiary alicyclic amines) is 1. The number of hydrogen-bond acceptors (Lipinski definition) is 2. The van der Waals surface area contributed by atoms with E-state index in [-0.39, 0.29) is 6.04 Å². The summed E-state index contributed by atoms with van der Waals surface area (Å²) < 4.78 is 0. The Hall–Kier alpha value is -1.84. The molecule has 0 radical (unpaired) electrons. The van der Waals surface area contributed by atoms with Crippen LogP contribution in [0.4, 0.5) is 4.79 Å². The van der Waals surface area contributed by atoms with Crippen LogP contribution in [0.3, 0.4) is 0 Å². The molecule has 84 valence electrons. The van der Waals surface area contributed by atoms with E-state index in [0.29, 0.717) is 12.1 Å². The summed E-state index contributed by atoms with van der Waals surface area (Å²) in [5.74, 6) is 0. The fourth-order valence-electron chi connectivity index (χ4n) is 2.14. The number of rotatable bonds is 2. The van der Waals surface area contributed by atoms with Crippen LogP contribution < -0.4 is 0 Å². The molecular weight excluding hydrogens is 206 g/mol. The molecule has 0 aliphatic carbocycles. The van der Waals surface area contributed by atoms with E-state index in [4.69, 9.17) is 5.11 Å². The van der Waals surface area contributed by atoms with Crippen molar-refractivity contribution in [2.45, 2.75) is 18.9 Å². The van der Waals surface area contributed by atoms with E-state index >= 15 is 0 Å². The van der Waals surface area contributed by atoms with E-state index in [1.807, 2.05) is 12.1 Å². The van der Waals surface area contributed by atoms with Crippen molar-refractivity contribution < 1.29 is 14.7 Å². The molecule has 0 spiro atoms. The zero-order valence-electron chi connectivity index (χ0n) is 8.80. The second-order valence-corrected chi connectivity index (χ2v) is 3.92. The van der Waals surface area contributed by atoms with Gasteiger partial charge in [-0.3, -0.25) is 4.79 Å². The number of carboxylic acid groups (broad SMARTS) is 1. The van der Waals surface area contributed by atoms with E-state index in [1.165, 1.54) is 4.90 Å². The largest absolute Gasteiger partial charge is 0.465 e. The van der Waals surface area contributed by atoms with Crippen molar-refractivity contribution in [3.63, 3.8) is 0 Å². The molecule has 1 heterocycles. The van der Waals surface area contributed by atoms with Crippen LogP contribution in [0.25, 0.3) is 0 Å². The van der Waals surface area contributed by atoms with Gasteiger partial charge in [0.25, 0.3) is 0 Å². The number of nitrogens with zero attached hydrogens (tertiary/aromatic N) is 1. The topological polar surface area (TPSA) is 57.6 Å². The first kappa shape index (κ1) is 10.7. The molecular formula is C12H13NO3. The Bertz CT molecular complexity index is 399. The first-order valence-corrected chi connectivity index (χ1v) is 5.27. The van der Waals surface area contributed by atoms with Gasteiger partial charge in [0.1, 0.15) is 6.29 Å². The van der Waals surface area contributed by atoms with E-state index in [9.17, 15) is 9.59 Å². The Balaban J connectivity index is 2.22. The van der Waals surface area contributed by atoms with Gasteiger partial charge >= 0.3 is 6.09 Å². The highest BCUT2D eigenvalue weighted by molar-refractivity contribution is 5.74. The molecule has 1 atom stereocenters. The molecule has 2 rings (SSSR count). The molecule has 1 unspecified atom stereocenters. The van der Waals surface area contributed by atoms with Gasteiger partial charge in [-0.1, -0.05) is 24.3 Å². The van der Waals surface area contributed by atoms with Gasteiger partial charge in [-0.25, -0.2) is 4.79 Å². The third kappa shape index (κ3) is 1.91. The van der Waals surface area contributed by atoms with E-state index in [2.05, 4.69) is 0 Å². The van der Waals surface area contributed by atoms with Gasteiger partial charge < -0.3 is 10.0 Å². The first-order valence-electron chi connectivity index (χ1n) is 5.27. The molecule has 1 saturated heterocycles. The minimum atomic E-state index is -0.873. The van der Waals surface area contributed by atoms with Crippen LogP contribution in [-0.4, -0.2) is 28.9 Å². The van der Waals surface area contributed by atoms with E-state index < -0.39 is 6.09 Å². The van der Waals surface area contributed by atoms with Gasteiger partial charge in [-0.15, -0.1) is 0 Å². The SMILES string of the molecule is O=Cc1ccc(C2CCCN2C(=O)O)cc1. The number of hydrogen-bond donors (Lipinski definition) is 1. The lowest BCUT2D eigenvalue weighted by Crippen LogP contribution is -2.28. The maximum atomic E-state index is 11.0. The molecule has 1 aromatic carbocycles. The average Bonchev–Trinajstić information content (AvgIpc) is 2.78. The fraction of sp³-hybridized carbons (Fsp3) is 0.333. The molecule has 0 saturated carbocycles. The molecule has 1 fully saturated rings. The summed E-state index contributed by atoms with van der Waals surface area (Å²) in [6, 6.07) is 7.05. The van der Waals surface area contributed by atoms with Gasteiger partial charge in [0.2, 0.25) is 0 Å². The van der Waals surface area contributed by atoms with Crippen LogP contribution in [0.15, 0.2) is 24.3 Å². The Morgan fingerprint density at radius 3 is 2.62 bits per heavy atom. The van der Waals surface area contributed by atoms with Crippen molar-refractivity contribution in [1.29, 1.82) is 0 Å². The highest BCUT2D eigenvalue weighted by Gasteiger charge is 2.29. The lowest BCUT2D eigenvalue weighted by molar-refractivity contribution is 0.112. The minimum absolute atomic E-state index is 0.0572. The summed E-state index contributed by atoms with van der Waals surface area (Å²) in [7, 11) is 0. The van der Waals surface area contributed by atoms with Crippen molar-refractivity contribution >= 4 is 12.4 Å². The van der Waals surface area contributed by atoms with Crippen molar-refractivity contribution in [2.75, 3.05) is 6.54 Å². The number of aldehydes is 1. The predicted molar refractivity (Wildman–Crippen MR) is 58.5 cm³/mol. The third-order valence-corrected chi connectivity index (χ3v) is 2.96. The van der Waals surface area contributed by atoms with Gasteiger partial charge in [0.15, 0.2) is 0 Å². The maximum absolute atomic E-state index is 11.0. The second kappa shape index (κ2) is 4.35. The third-order valence-electron chi connectivity index (χ3n) is 2.96. The van der Waals surface area contributed by atoms with E-state index in [0.717, 1.165) is 24.7 Å². The molecule has 1 aliphatic rings. The lowest BCUT2D eigenvalue weighted by atomic mass is 10.0. The van der Waals surface area contributed by atoms with Crippen molar-refractivity contribution in [1.82, 2.24) is 4.90 Å². The standard InChI is InChI=1S/C12H13NO3/c14-8-9-3-5-10(6-4-9)11-2-1-7-13(11)12(15)16/h3-6,8,11H,1-2,7H2,(H,15,16). The summed E-state index contributed by atoms with van der Waals surface area (Å²) in [5.41, 5.74) is 1.58. The molecule has 1 aliphatic heterocycles. The molecule has 1 aromatic rings. The normalized spacial score (nSPS) is 19.8. The first-order chi connectivity index (χ1) is 7.72. The smallest absolute Gasteiger partial charge is 0.407 e. The maximum Gasteiger partial charge on any atom is 0.407 e. The van der Waals surface area contributed by atoms with Crippen molar-refractivity contribution in [2.24, 2.45) is 0 Å². The Morgan fingerprint density at radius 2 is 2.06 bits per heavy atom. The molecule has 1 N–H and O–H groups in total. The van der Waals surface area contributed by atoms with Gasteiger partial charge in [0.05, 0.1) is 6.04 Å². The highest BCUT2D eigenvalue weighted by Crippen LogP contribution is 2.31. The lowest BCUT2D eigenvalue weighted by Gasteiger charge is -2.21. The van der Waals surface area contributed by atoms with Crippen molar-refractivity contribution in [3.8, 4) is 0 Å². The van der Waals surface area contributed by atoms with E-state index in [1.54, 1.807) is 12.1 Å². The quantitative estimate of drug-likeness (QED) is 0.776. The number of carbonyl (C=O) groups excluding carboxylic acids is 1. The van der Waals surface area contributed by atoms with Gasteiger partial charge in [-0.05, 0) is 18.4 Å². The molecule has 0 bridgehead atoms. The van der Waals surface area contributed by atoms with Gasteiger partial charge in [-0.2, -0.15) is 0 Å². The molecule has 1 amide bonds. The average molecular weight is 219 g/mol. The fourth-order valence-corrected chi connectivity index (χ4v) is 2.14.